The van der Waals surface area contributed by atoms with Gasteiger partial charge < -0.3 is 15.1 Å². The number of aliphatic imine (C=N–C) groups is 1. The Morgan fingerprint density at radius 2 is 2.16 bits per heavy atom. The number of rotatable bonds is 4. The van der Waals surface area contributed by atoms with Gasteiger partial charge in [-0.1, -0.05) is 13.8 Å². The van der Waals surface area contributed by atoms with Crippen molar-refractivity contribution in [2.75, 3.05) is 37.6 Å². The van der Waals surface area contributed by atoms with Crippen molar-refractivity contribution in [1.82, 2.24) is 20.0 Å². The van der Waals surface area contributed by atoms with E-state index >= 15 is 0 Å². The van der Waals surface area contributed by atoms with E-state index < -0.39 is 0 Å². The van der Waals surface area contributed by atoms with Crippen molar-refractivity contribution < 1.29 is 4.79 Å². The molecule has 1 saturated heterocycles. The van der Waals surface area contributed by atoms with Gasteiger partial charge in [0.15, 0.2) is 5.96 Å². The van der Waals surface area contributed by atoms with E-state index in [4.69, 9.17) is 4.99 Å². The van der Waals surface area contributed by atoms with Crippen molar-refractivity contribution in [3.8, 4) is 0 Å². The summed E-state index contributed by atoms with van der Waals surface area (Å²) in [5, 5.41) is 7.48. The Kier molecular flexibility index (Phi) is 6.34. The van der Waals surface area contributed by atoms with E-state index in [-0.39, 0.29) is 29.9 Å². The number of nitrogens with one attached hydrogen (secondary N) is 1. The van der Waals surface area contributed by atoms with Gasteiger partial charge in [0.25, 0.3) is 0 Å². The Bertz CT molecular complexity index is 641. The maximum atomic E-state index is 12.5. The third kappa shape index (κ3) is 4.65. The molecule has 1 aromatic rings. The number of guanidine groups is 1. The standard InChI is InChI=1S/C17H28N6O.HI/c1-5-18-16(19-9-13-8-17(13,2)3)22-6-7-23(15(24)12-22)14-10-20-21(4)11-14;/h10-11,13H,5-9,12H2,1-4H3,(H,18,19);1H. The summed E-state index contributed by atoms with van der Waals surface area (Å²) >= 11 is 0. The lowest BCUT2D eigenvalue weighted by Gasteiger charge is -2.35. The number of nitrogens with zero attached hydrogens (tertiary/aromatic N) is 5. The molecule has 8 heteroatoms. The monoisotopic (exact) mass is 460 g/mol. The molecule has 1 atom stereocenters. The summed E-state index contributed by atoms with van der Waals surface area (Å²) in [5.41, 5.74) is 1.29. The van der Waals surface area contributed by atoms with Crippen LogP contribution in [0.4, 0.5) is 5.69 Å². The van der Waals surface area contributed by atoms with Gasteiger partial charge in [0.05, 0.1) is 11.9 Å². The number of aromatic nitrogens is 2. The highest BCUT2D eigenvalue weighted by Gasteiger charge is 2.45. The largest absolute Gasteiger partial charge is 0.357 e. The Hall–Kier alpha value is -1.32. The highest BCUT2D eigenvalue weighted by atomic mass is 127. The van der Waals surface area contributed by atoms with Gasteiger partial charge in [0, 0.05) is 39.4 Å². The van der Waals surface area contributed by atoms with E-state index in [1.54, 1.807) is 15.8 Å². The number of anilines is 1. The van der Waals surface area contributed by atoms with Crippen molar-refractivity contribution in [3.05, 3.63) is 12.4 Å². The van der Waals surface area contributed by atoms with Crippen LogP contribution < -0.4 is 10.2 Å². The van der Waals surface area contributed by atoms with Gasteiger partial charge in [-0.05, 0) is 24.7 Å². The lowest BCUT2D eigenvalue weighted by molar-refractivity contribution is -0.120. The number of carbonyl (C=O) groups excluding carboxylic acids is 1. The average molecular weight is 460 g/mol. The average Bonchev–Trinajstić information content (AvgIpc) is 2.91. The summed E-state index contributed by atoms with van der Waals surface area (Å²) in [6.45, 7) is 10.1. The molecule has 0 bridgehead atoms. The quantitative estimate of drug-likeness (QED) is 0.422. The Morgan fingerprint density at radius 1 is 1.44 bits per heavy atom. The molecular formula is C17H29IN6O. The molecule has 0 radical (unpaired) electrons. The second-order valence-corrected chi connectivity index (χ2v) is 7.42. The second kappa shape index (κ2) is 7.92. The number of hydrogen-bond acceptors (Lipinski definition) is 3. The van der Waals surface area contributed by atoms with E-state index in [9.17, 15) is 4.79 Å². The number of halogens is 1. The van der Waals surface area contributed by atoms with Crippen LogP contribution in [-0.4, -0.2) is 59.3 Å². The van der Waals surface area contributed by atoms with Crippen LogP contribution in [0.2, 0.25) is 0 Å². The molecule has 1 unspecified atom stereocenters. The number of hydrogen-bond donors (Lipinski definition) is 1. The third-order valence-corrected chi connectivity index (χ3v) is 5.04. The first-order valence-electron chi connectivity index (χ1n) is 8.73. The van der Waals surface area contributed by atoms with Gasteiger partial charge in [-0.25, -0.2) is 0 Å². The molecule has 1 aliphatic carbocycles. The molecule has 0 aromatic carbocycles. The highest BCUT2D eigenvalue weighted by molar-refractivity contribution is 14.0. The molecule has 7 nitrogen and oxygen atoms in total. The molecule has 1 N–H and O–H groups in total. The lowest BCUT2D eigenvalue weighted by Crippen LogP contribution is -2.55. The lowest BCUT2D eigenvalue weighted by atomic mass is 10.1. The topological polar surface area (TPSA) is 65.8 Å². The number of carbonyl (C=O) groups is 1. The zero-order valence-electron chi connectivity index (χ0n) is 15.5. The van der Waals surface area contributed by atoms with Crippen molar-refractivity contribution in [2.24, 2.45) is 23.4 Å². The minimum Gasteiger partial charge on any atom is -0.357 e. The molecule has 1 saturated carbocycles. The van der Waals surface area contributed by atoms with Gasteiger partial charge in [0.2, 0.25) is 5.91 Å². The first-order chi connectivity index (χ1) is 11.4. The van der Waals surface area contributed by atoms with Crippen LogP contribution in [0, 0.1) is 11.3 Å². The van der Waals surface area contributed by atoms with Crippen LogP contribution in [0.25, 0.3) is 0 Å². The minimum absolute atomic E-state index is 0. The molecule has 25 heavy (non-hydrogen) atoms. The first kappa shape index (κ1) is 20.0. The zero-order chi connectivity index (χ0) is 17.3. The summed E-state index contributed by atoms with van der Waals surface area (Å²) in [4.78, 5) is 21.2. The van der Waals surface area contributed by atoms with E-state index in [0.29, 0.717) is 24.4 Å². The van der Waals surface area contributed by atoms with E-state index in [1.807, 2.05) is 13.2 Å². The van der Waals surface area contributed by atoms with Crippen LogP contribution in [0.1, 0.15) is 27.2 Å². The molecule has 2 aliphatic rings. The molecule has 1 aliphatic heterocycles. The Labute approximate surface area is 166 Å². The summed E-state index contributed by atoms with van der Waals surface area (Å²) < 4.78 is 1.72. The molecule has 3 rings (SSSR count). The van der Waals surface area contributed by atoms with Crippen molar-refractivity contribution in [1.29, 1.82) is 0 Å². The van der Waals surface area contributed by atoms with E-state index in [2.05, 4.69) is 36.1 Å². The second-order valence-electron chi connectivity index (χ2n) is 7.42. The fraction of sp³-hybridized carbons (Fsp3) is 0.706. The fourth-order valence-electron chi connectivity index (χ4n) is 3.18. The molecule has 2 fully saturated rings. The van der Waals surface area contributed by atoms with Gasteiger partial charge >= 0.3 is 0 Å². The summed E-state index contributed by atoms with van der Waals surface area (Å²) in [6, 6.07) is 0. The van der Waals surface area contributed by atoms with Crippen LogP contribution in [0.3, 0.4) is 0 Å². The predicted molar refractivity (Wildman–Crippen MR) is 110 cm³/mol. The fourth-order valence-corrected chi connectivity index (χ4v) is 3.18. The summed E-state index contributed by atoms with van der Waals surface area (Å²) in [6.07, 6.45) is 4.85. The van der Waals surface area contributed by atoms with Crippen LogP contribution in [-0.2, 0) is 11.8 Å². The molecule has 1 amide bonds. The number of amides is 1. The minimum atomic E-state index is 0. The Morgan fingerprint density at radius 3 is 2.68 bits per heavy atom. The van der Waals surface area contributed by atoms with E-state index in [1.165, 1.54) is 6.42 Å². The van der Waals surface area contributed by atoms with Gasteiger partial charge in [-0.3, -0.25) is 14.5 Å². The molecular weight excluding hydrogens is 431 g/mol. The normalized spacial score (nSPS) is 22.6. The van der Waals surface area contributed by atoms with Gasteiger partial charge in [0.1, 0.15) is 6.54 Å². The summed E-state index contributed by atoms with van der Waals surface area (Å²) in [7, 11) is 1.86. The summed E-state index contributed by atoms with van der Waals surface area (Å²) in [5.74, 6) is 1.62. The van der Waals surface area contributed by atoms with E-state index in [0.717, 1.165) is 31.3 Å². The Balaban J connectivity index is 0.00000225. The molecule has 1 aromatic heterocycles. The first-order valence-corrected chi connectivity index (χ1v) is 8.73. The smallest absolute Gasteiger partial charge is 0.246 e. The third-order valence-electron chi connectivity index (χ3n) is 5.04. The van der Waals surface area contributed by atoms with Crippen molar-refractivity contribution in [2.45, 2.75) is 27.2 Å². The van der Waals surface area contributed by atoms with Crippen LogP contribution >= 0.6 is 24.0 Å². The zero-order valence-corrected chi connectivity index (χ0v) is 17.9. The van der Waals surface area contributed by atoms with Crippen LogP contribution in [0.15, 0.2) is 17.4 Å². The maximum Gasteiger partial charge on any atom is 0.246 e. The molecule has 0 spiro atoms. The molecule has 2 heterocycles. The number of aryl methyl sites for hydroxylation is 1. The van der Waals surface area contributed by atoms with Crippen molar-refractivity contribution >= 4 is 41.5 Å². The number of piperazine rings is 1. The maximum absolute atomic E-state index is 12.5. The van der Waals surface area contributed by atoms with Crippen LogP contribution in [0.5, 0.6) is 0 Å². The predicted octanol–water partition coefficient (Wildman–Crippen LogP) is 1.70. The van der Waals surface area contributed by atoms with Gasteiger partial charge in [-0.15, -0.1) is 24.0 Å². The SMILES string of the molecule is CCNC(=NCC1CC1(C)C)N1CCN(c2cnn(C)c2)C(=O)C1.I. The highest BCUT2D eigenvalue weighted by Crippen LogP contribution is 2.51. The van der Waals surface area contributed by atoms with Gasteiger partial charge in [-0.2, -0.15) is 5.10 Å². The molecule has 140 valence electrons. The van der Waals surface area contributed by atoms with Crippen molar-refractivity contribution in [3.63, 3.8) is 0 Å².